The summed E-state index contributed by atoms with van der Waals surface area (Å²) in [6, 6.07) is 9.30. The highest BCUT2D eigenvalue weighted by Gasteiger charge is 2.17. The maximum absolute atomic E-state index is 11.1. The molecule has 2 aromatic rings. The largest absolute Gasteiger partial charge is 0.455 e. The molecule has 0 fully saturated rings. The van der Waals surface area contributed by atoms with Crippen molar-refractivity contribution in [3.63, 3.8) is 0 Å². The van der Waals surface area contributed by atoms with Gasteiger partial charge in [0.05, 0.1) is 6.20 Å². The number of nitrogens with zero attached hydrogens (tertiary/aromatic N) is 1. The SMILES string of the molecule is CCC(C)(C)c1ccc(Oc2cn[nH]c(=O)c2)cc1. The third-order valence-electron chi connectivity index (χ3n) is 3.40. The van der Waals surface area contributed by atoms with Crippen LogP contribution >= 0.6 is 0 Å². The third-order valence-corrected chi connectivity index (χ3v) is 3.40. The smallest absolute Gasteiger partial charge is 0.267 e. The summed E-state index contributed by atoms with van der Waals surface area (Å²) >= 11 is 0. The fraction of sp³-hybridized carbons (Fsp3) is 0.333. The van der Waals surface area contributed by atoms with E-state index in [-0.39, 0.29) is 11.0 Å². The number of H-pyrrole nitrogens is 1. The predicted molar refractivity (Wildman–Crippen MR) is 74.7 cm³/mol. The molecule has 1 heterocycles. The van der Waals surface area contributed by atoms with Crippen LogP contribution in [0.1, 0.15) is 32.8 Å². The van der Waals surface area contributed by atoms with Crippen LogP contribution in [0.4, 0.5) is 0 Å². The first kappa shape index (κ1) is 13.3. The van der Waals surface area contributed by atoms with Crippen LogP contribution in [-0.4, -0.2) is 10.2 Å². The minimum Gasteiger partial charge on any atom is -0.455 e. The lowest BCUT2D eigenvalue weighted by Gasteiger charge is -2.23. The number of ether oxygens (including phenoxy) is 1. The second-order valence-corrected chi connectivity index (χ2v) is 5.14. The Morgan fingerprint density at radius 2 is 1.89 bits per heavy atom. The zero-order valence-corrected chi connectivity index (χ0v) is 11.4. The van der Waals surface area contributed by atoms with E-state index in [1.807, 2.05) is 12.1 Å². The van der Waals surface area contributed by atoms with Crippen molar-refractivity contribution < 1.29 is 4.74 Å². The van der Waals surface area contributed by atoms with E-state index in [1.54, 1.807) is 0 Å². The monoisotopic (exact) mass is 258 g/mol. The Morgan fingerprint density at radius 1 is 1.21 bits per heavy atom. The molecule has 0 unspecified atom stereocenters. The van der Waals surface area contributed by atoms with Gasteiger partial charge in [0, 0.05) is 6.07 Å². The van der Waals surface area contributed by atoms with E-state index in [0.717, 1.165) is 6.42 Å². The molecule has 0 radical (unpaired) electrons. The van der Waals surface area contributed by atoms with Crippen LogP contribution in [0.25, 0.3) is 0 Å². The van der Waals surface area contributed by atoms with Crippen LogP contribution in [0.3, 0.4) is 0 Å². The molecular formula is C15H18N2O2. The van der Waals surface area contributed by atoms with Crippen molar-refractivity contribution in [3.05, 3.63) is 52.4 Å². The van der Waals surface area contributed by atoms with Crippen LogP contribution < -0.4 is 10.3 Å². The predicted octanol–water partition coefficient (Wildman–Crippen LogP) is 3.25. The van der Waals surface area contributed by atoms with Crippen molar-refractivity contribution in [3.8, 4) is 11.5 Å². The summed E-state index contributed by atoms with van der Waals surface area (Å²) < 4.78 is 5.58. The summed E-state index contributed by atoms with van der Waals surface area (Å²) in [4.78, 5) is 11.1. The number of aromatic amines is 1. The highest BCUT2D eigenvalue weighted by molar-refractivity contribution is 5.34. The molecule has 4 nitrogen and oxygen atoms in total. The van der Waals surface area contributed by atoms with Crippen molar-refractivity contribution in [1.82, 2.24) is 10.2 Å². The molecule has 0 spiro atoms. The Morgan fingerprint density at radius 3 is 2.47 bits per heavy atom. The van der Waals surface area contributed by atoms with Gasteiger partial charge in [-0.15, -0.1) is 0 Å². The number of benzene rings is 1. The number of hydrogen-bond acceptors (Lipinski definition) is 3. The average molecular weight is 258 g/mol. The summed E-state index contributed by atoms with van der Waals surface area (Å²) in [7, 11) is 0. The van der Waals surface area contributed by atoms with Gasteiger partial charge in [0.2, 0.25) is 0 Å². The number of aromatic nitrogens is 2. The molecule has 0 aliphatic rings. The first-order valence-corrected chi connectivity index (χ1v) is 6.34. The van der Waals surface area contributed by atoms with Crippen molar-refractivity contribution in [2.24, 2.45) is 0 Å². The standard InChI is InChI=1S/C15H18N2O2/c1-4-15(2,3)11-5-7-12(8-6-11)19-13-9-14(18)17-16-10-13/h5-10H,4H2,1-3H3,(H,17,18). The first-order valence-electron chi connectivity index (χ1n) is 6.34. The van der Waals surface area contributed by atoms with Gasteiger partial charge in [-0.1, -0.05) is 32.9 Å². The quantitative estimate of drug-likeness (QED) is 0.915. The van der Waals surface area contributed by atoms with Crippen molar-refractivity contribution >= 4 is 0 Å². The maximum atomic E-state index is 11.1. The Kier molecular flexibility index (Phi) is 3.69. The van der Waals surface area contributed by atoms with E-state index in [4.69, 9.17) is 4.74 Å². The summed E-state index contributed by atoms with van der Waals surface area (Å²) in [5, 5.41) is 6.00. The van der Waals surface area contributed by atoms with Gasteiger partial charge in [-0.2, -0.15) is 5.10 Å². The molecular weight excluding hydrogens is 240 g/mol. The molecule has 4 heteroatoms. The highest BCUT2D eigenvalue weighted by atomic mass is 16.5. The number of nitrogens with one attached hydrogen (secondary N) is 1. The molecule has 1 N–H and O–H groups in total. The van der Waals surface area contributed by atoms with E-state index in [1.165, 1.54) is 17.8 Å². The molecule has 100 valence electrons. The molecule has 0 saturated heterocycles. The van der Waals surface area contributed by atoms with E-state index in [0.29, 0.717) is 11.5 Å². The Hall–Kier alpha value is -2.10. The van der Waals surface area contributed by atoms with E-state index >= 15 is 0 Å². The highest BCUT2D eigenvalue weighted by Crippen LogP contribution is 2.29. The zero-order chi connectivity index (χ0) is 13.9. The Balaban J connectivity index is 2.17. The molecule has 0 saturated carbocycles. The summed E-state index contributed by atoms with van der Waals surface area (Å²) in [6.07, 6.45) is 2.55. The lowest BCUT2D eigenvalue weighted by molar-refractivity contribution is 0.473. The van der Waals surface area contributed by atoms with Crippen LogP contribution in [0.5, 0.6) is 11.5 Å². The molecule has 0 amide bonds. The van der Waals surface area contributed by atoms with Gasteiger partial charge in [0.15, 0.2) is 5.75 Å². The van der Waals surface area contributed by atoms with Gasteiger partial charge in [0.1, 0.15) is 5.75 Å². The van der Waals surface area contributed by atoms with Crippen molar-refractivity contribution in [2.45, 2.75) is 32.6 Å². The second-order valence-electron chi connectivity index (χ2n) is 5.14. The number of rotatable bonds is 4. The minimum atomic E-state index is -0.277. The topological polar surface area (TPSA) is 55.0 Å². The molecule has 0 atom stereocenters. The van der Waals surface area contributed by atoms with Gasteiger partial charge >= 0.3 is 0 Å². The van der Waals surface area contributed by atoms with Crippen LogP contribution in [0, 0.1) is 0 Å². The molecule has 19 heavy (non-hydrogen) atoms. The molecule has 1 aromatic heterocycles. The average Bonchev–Trinajstić information content (AvgIpc) is 2.39. The molecule has 0 bridgehead atoms. The second kappa shape index (κ2) is 5.26. The van der Waals surface area contributed by atoms with Crippen molar-refractivity contribution in [2.75, 3.05) is 0 Å². The lowest BCUT2D eigenvalue weighted by Crippen LogP contribution is -2.14. The summed E-state index contributed by atoms with van der Waals surface area (Å²) in [5.41, 5.74) is 1.15. The van der Waals surface area contributed by atoms with Gasteiger partial charge in [0.25, 0.3) is 5.56 Å². The van der Waals surface area contributed by atoms with Gasteiger partial charge < -0.3 is 4.74 Å². The minimum absolute atomic E-state index is 0.157. The lowest BCUT2D eigenvalue weighted by atomic mass is 9.82. The van der Waals surface area contributed by atoms with Crippen LogP contribution in [-0.2, 0) is 5.41 Å². The summed E-state index contributed by atoms with van der Waals surface area (Å²) in [6.45, 7) is 6.60. The zero-order valence-electron chi connectivity index (χ0n) is 11.4. The fourth-order valence-corrected chi connectivity index (χ4v) is 1.73. The molecule has 2 rings (SSSR count). The molecule has 0 aliphatic heterocycles. The van der Waals surface area contributed by atoms with E-state index < -0.39 is 0 Å². The third kappa shape index (κ3) is 3.22. The van der Waals surface area contributed by atoms with E-state index in [9.17, 15) is 4.79 Å². The van der Waals surface area contributed by atoms with Gasteiger partial charge in [-0.25, -0.2) is 5.10 Å². The molecule has 1 aromatic carbocycles. The van der Waals surface area contributed by atoms with Crippen molar-refractivity contribution in [1.29, 1.82) is 0 Å². The Bertz CT molecular complexity index is 600. The number of hydrogen-bond donors (Lipinski definition) is 1. The van der Waals surface area contributed by atoms with E-state index in [2.05, 4.69) is 43.1 Å². The first-order chi connectivity index (χ1) is 9.01. The molecule has 0 aliphatic carbocycles. The normalized spacial score (nSPS) is 11.3. The fourth-order valence-electron chi connectivity index (χ4n) is 1.73. The maximum Gasteiger partial charge on any atom is 0.267 e. The Labute approximate surface area is 112 Å². The van der Waals surface area contributed by atoms with Crippen LogP contribution in [0.15, 0.2) is 41.3 Å². The van der Waals surface area contributed by atoms with Gasteiger partial charge in [-0.3, -0.25) is 4.79 Å². The summed E-state index contributed by atoms with van der Waals surface area (Å²) in [5.74, 6) is 1.13. The van der Waals surface area contributed by atoms with Gasteiger partial charge in [-0.05, 0) is 29.5 Å². The van der Waals surface area contributed by atoms with Crippen LogP contribution in [0.2, 0.25) is 0 Å².